The van der Waals surface area contributed by atoms with E-state index in [1.54, 1.807) is 0 Å². The fourth-order valence-corrected chi connectivity index (χ4v) is 1.56. The fraction of sp³-hybridized carbons (Fsp3) is 0.769. The topological polar surface area (TPSA) is 29.5 Å². The van der Waals surface area contributed by atoms with Crippen molar-refractivity contribution in [3.05, 3.63) is 0 Å². The van der Waals surface area contributed by atoms with Crippen molar-refractivity contribution in [2.45, 2.75) is 33.8 Å². The molecule has 1 saturated heterocycles. The van der Waals surface area contributed by atoms with Crippen LogP contribution in [0.5, 0.6) is 0 Å². The lowest BCUT2D eigenvalue weighted by Crippen LogP contribution is -2.46. The van der Waals surface area contributed by atoms with Crippen LogP contribution in [0.4, 0.5) is 0 Å². The highest BCUT2D eigenvalue weighted by atomic mass is 16.5. The third-order valence-electron chi connectivity index (χ3n) is 2.41. The summed E-state index contributed by atoms with van der Waals surface area (Å²) in [5.41, 5.74) is 0. The molecular weight excluding hydrogens is 202 g/mol. The van der Waals surface area contributed by atoms with Crippen LogP contribution in [0, 0.1) is 23.7 Å². The Morgan fingerprint density at radius 2 is 2.06 bits per heavy atom. The summed E-state index contributed by atoms with van der Waals surface area (Å²) in [6, 6.07) is 0. The summed E-state index contributed by atoms with van der Waals surface area (Å²) in [6.07, 6.45) is -0.112. The average Bonchev–Trinajstić information content (AvgIpc) is 2.25. The van der Waals surface area contributed by atoms with E-state index in [-0.39, 0.29) is 17.9 Å². The molecule has 90 valence electrons. The van der Waals surface area contributed by atoms with E-state index in [2.05, 4.69) is 11.8 Å². The van der Waals surface area contributed by atoms with Crippen LogP contribution in [0.3, 0.4) is 0 Å². The third kappa shape index (κ3) is 3.86. The van der Waals surface area contributed by atoms with Crippen LogP contribution in [0.1, 0.15) is 27.7 Å². The van der Waals surface area contributed by atoms with Gasteiger partial charge in [0.25, 0.3) is 0 Å². The first kappa shape index (κ1) is 13.1. The maximum atomic E-state index is 11.8. The van der Waals surface area contributed by atoms with E-state index in [9.17, 15) is 4.79 Å². The Morgan fingerprint density at radius 3 is 2.62 bits per heavy atom. The lowest BCUT2D eigenvalue weighted by Gasteiger charge is -2.31. The molecule has 0 aliphatic carbocycles. The summed E-state index contributed by atoms with van der Waals surface area (Å²) < 4.78 is 5.52. The minimum absolute atomic E-state index is 0.0526. The summed E-state index contributed by atoms with van der Waals surface area (Å²) in [6.45, 7) is 9.84. The molecule has 0 saturated carbocycles. The highest BCUT2D eigenvalue weighted by molar-refractivity contribution is 5.78. The first-order chi connectivity index (χ1) is 7.50. The van der Waals surface area contributed by atoms with Crippen molar-refractivity contribution in [2.75, 3.05) is 19.7 Å². The molecule has 1 fully saturated rings. The zero-order chi connectivity index (χ0) is 12.1. The summed E-state index contributed by atoms with van der Waals surface area (Å²) in [4.78, 5) is 13.7. The Bertz CT molecular complexity index is 299. The van der Waals surface area contributed by atoms with Crippen molar-refractivity contribution >= 4 is 5.91 Å². The standard InChI is InChI=1S/C13H21NO2/c1-10(2)5-6-12-9-14(7-8-16-12)13(15)11(3)4/h10-12H,7-9H2,1-4H3. The second-order valence-electron chi connectivity index (χ2n) is 4.74. The van der Waals surface area contributed by atoms with Crippen molar-refractivity contribution in [3.8, 4) is 11.8 Å². The molecule has 0 spiro atoms. The zero-order valence-electron chi connectivity index (χ0n) is 10.6. The summed E-state index contributed by atoms with van der Waals surface area (Å²) >= 11 is 0. The van der Waals surface area contributed by atoms with Gasteiger partial charge in [0.2, 0.25) is 5.91 Å². The van der Waals surface area contributed by atoms with Gasteiger partial charge >= 0.3 is 0 Å². The third-order valence-corrected chi connectivity index (χ3v) is 2.41. The fourth-order valence-electron chi connectivity index (χ4n) is 1.56. The van der Waals surface area contributed by atoms with Gasteiger partial charge in [0.15, 0.2) is 0 Å². The number of morpholine rings is 1. The number of nitrogens with zero attached hydrogens (tertiary/aromatic N) is 1. The van der Waals surface area contributed by atoms with Crippen molar-refractivity contribution in [2.24, 2.45) is 11.8 Å². The maximum absolute atomic E-state index is 11.8. The van der Waals surface area contributed by atoms with Gasteiger partial charge in [-0.05, 0) is 0 Å². The molecule has 16 heavy (non-hydrogen) atoms. The van der Waals surface area contributed by atoms with E-state index in [1.807, 2.05) is 32.6 Å². The van der Waals surface area contributed by atoms with Crippen LogP contribution in [-0.4, -0.2) is 36.6 Å². The number of carbonyl (C=O) groups is 1. The number of amides is 1. The smallest absolute Gasteiger partial charge is 0.225 e. The molecule has 0 N–H and O–H groups in total. The molecule has 0 aromatic rings. The van der Waals surface area contributed by atoms with Gasteiger partial charge in [-0.3, -0.25) is 4.79 Å². The Kier molecular flexibility index (Phi) is 4.82. The number of rotatable bonds is 1. The average molecular weight is 223 g/mol. The summed E-state index contributed by atoms with van der Waals surface area (Å²) in [5, 5.41) is 0. The highest BCUT2D eigenvalue weighted by Crippen LogP contribution is 2.09. The van der Waals surface area contributed by atoms with Gasteiger partial charge in [-0.15, -0.1) is 0 Å². The molecule has 3 nitrogen and oxygen atoms in total. The van der Waals surface area contributed by atoms with E-state index in [0.29, 0.717) is 25.6 Å². The minimum atomic E-state index is -0.112. The Balaban J connectivity index is 2.55. The van der Waals surface area contributed by atoms with Crippen LogP contribution < -0.4 is 0 Å². The molecule has 0 radical (unpaired) electrons. The summed E-state index contributed by atoms with van der Waals surface area (Å²) in [7, 11) is 0. The van der Waals surface area contributed by atoms with Crippen molar-refractivity contribution < 1.29 is 9.53 Å². The molecule has 1 rings (SSSR count). The van der Waals surface area contributed by atoms with E-state index in [4.69, 9.17) is 4.74 Å². The lowest BCUT2D eigenvalue weighted by molar-refractivity contribution is -0.140. The van der Waals surface area contributed by atoms with Crippen LogP contribution in [0.15, 0.2) is 0 Å². The SMILES string of the molecule is CC(C)C#CC1CN(C(=O)C(C)C)CCO1. The monoisotopic (exact) mass is 223 g/mol. The predicted molar refractivity (Wildman–Crippen MR) is 63.8 cm³/mol. The number of hydrogen-bond donors (Lipinski definition) is 0. The van der Waals surface area contributed by atoms with Gasteiger partial charge < -0.3 is 9.64 Å². The predicted octanol–water partition coefficient (Wildman–Crippen LogP) is 1.53. The molecule has 1 heterocycles. The molecule has 0 aromatic carbocycles. The Hall–Kier alpha value is -1.01. The second-order valence-corrected chi connectivity index (χ2v) is 4.74. The van der Waals surface area contributed by atoms with Crippen LogP contribution in [0.2, 0.25) is 0 Å². The Labute approximate surface area is 98.1 Å². The summed E-state index contributed by atoms with van der Waals surface area (Å²) in [5.74, 6) is 6.76. The number of hydrogen-bond acceptors (Lipinski definition) is 2. The van der Waals surface area contributed by atoms with Gasteiger partial charge in [0, 0.05) is 18.4 Å². The van der Waals surface area contributed by atoms with Gasteiger partial charge in [-0.2, -0.15) is 0 Å². The first-order valence-corrected chi connectivity index (χ1v) is 5.92. The zero-order valence-corrected chi connectivity index (χ0v) is 10.6. The first-order valence-electron chi connectivity index (χ1n) is 5.92. The van der Waals surface area contributed by atoms with Crippen LogP contribution >= 0.6 is 0 Å². The molecule has 3 heteroatoms. The molecular formula is C13H21NO2. The van der Waals surface area contributed by atoms with Crippen molar-refractivity contribution in [1.29, 1.82) is 0 Å². The van der Waals surface area contributed by atoms with E-state index in [1.165, 1.54) is 0 Å². The van der Waals surface area contributed by atoms with Gasteiger partial charge in [-0.25, -0.2) is 0 Å². The van der Waals surface area contributed by atoms with E-state index in [0.717, 1.165) is 0 Å². The van der Waals surface area contributed by atoms with Gasteiger partial charge in [-0.1, -0.05) is 39.5 Å². The second kappa shape index (κ2) is 5.91. The molecule has 1 aliphatic heterocycles. The maximum Gasteiger partial charge on any atom is 0.225 e. The largest absolute Gasteiger partial charge is 0.362 e. The molecule has 1 aliphatic rings. The normalized spacial score (nSPS) is 20.9. The molecule has 1 unspecified atom stereocenters. The molecule has 0 bridgehead atoms. The van der Waals surface area contributed by atoms with E-state index < -0.39 is 0 Å². The highest BCUT2D eigenvalue weighted by Gasteiger charge is 2.24. The van der Waals surface area contributed by atoms with Gasteiger partial charge in [0.1, 0.15) is 6.10 Å². The van der Waals surface area contributed by atoms with Crippen LogP contribution in [-0.2, 0) is 9.53 Å². The van der Waals surface area contributed by atoms with Gasteiger partial charge in [0.05, 0.1) is 13.2 Å². The number of ether oxygens (including phenoxy) is 1. The quantitative estimate of drug-likeness (QED) is 0.631. The molecule has 1 amide bonds. The Morgan fingerprint density at radius 1 is 1.38 bits per heavy atom. The minimum Gasteiger partial charge on any atom is -0.362 e. The molecule has 1 atom stereocenters. The van der Waals surface area contributed by atoms with Crippen molar-refractivity contribution in [1.82, 2.24) is 4.90 Å². The lowest BCUT2D eigenvalue weighted by atomic mass is 10.1. The molecule has 0 aromatic heterocycles. The van der Waals surface area contributed by atoms with E-state index >= 15 is 0 Å². The van der Waals surface area contributed by atoms with Crippen molar-refractivity contribution in [3.63, 3.8) is 0 Å². The van der Waals surface area contributed by atoms with Crippen LogP contribution in [0.25, 0.3) is 0 Å². The number of carbonyl (C=O) groups excluding carboxylic acids is 1.